The zero-order valence-electron chi connectivity index (χ0n) is 11.2. The Bertz CT molecular complexity index is 429. The number of ether oxygens (including phenoxy) is 1. The molecule has 19 heavy (non-hydrogen) atoms. The summed E-state index contributed by atoms with van der Waals surface area (Å²) >= 11 is 0. The van der Waals surface area contributed by atoms with Crippen LogP contribution in [0.4, 0.5) is 0 Å². The Morgan fingerprint density at radius 3 is 2.84 bits per heavy atom. The first kappa shape index (κ1) is 13.7. The number of phenols is 1. The molecule has 1 heterocycles. The fourth-order valence-corrected chi connectivity index (χ4v) is 2.14. The Hall–Kier alpha value is -1.75. The van der Waals surface area contributed by atoms with Gasteiger partial charge in [-0.3, -0.25) is 4.90 Å². The van der Waals surface area contributed by atoms with Gasteiger partial charge in [-0.15, -0.1) is 0 Å². The molecular formula is C14H20N2O3. The molecular weight excluding hydrogens is 244 g/mol. The van der Waals surface area contributed by atoms with Crippen LogP contribution in [0.5, 0.6) is 11.5 Å². The zero-order valence-corrected chi connectivity index (χ0v) is 11.2. The van der Waals surface area contributed by atoms with Crippen molar-refractivity contribution in [1.29, 1.82) is 0 Å². The largest absolute Gasteiger partial charge is 0.504 e. The van der Waals surface area contributed by atoms with Gasteiger partial charge in [0.2, 0.25) is 0 Å². The predicted molar refractivity (Wildman–Crippen MR) is 73.9 cm³/mol. The maximum Gasteiger partial charge on any atom is 0.161 e. The quantitative estimate of drug-likeness (QED) is 0.629. The Balaban J connectivity index is 1.84. The van der Waals surface area contributed by atoms with Crippen LogP contribution in [0.15, 0.2) is 23.4 Å². The van der Waals surface area contributed by atoms with E-state index in [9.17, 15) is 5.11 Å². The van der Waals surface area contributed by atoms with E-state index in [-0.39, 0.29) is 5.75 Å². The van der Waals surface area contributed by atoms with Crippen molar-refractivity contribution in [2.75, 3.05) is 33.4 Å². The van der Waals surface area contributed by atoms with Crippen molar-refractivity contribution in [3.05, 3.63) is 23.8 Å². The molecule has 0 unspecified atom stereocenters. The van der Waals surface area contributed by atoms with Gasteiger partial charge in [0, 0.05) is 6.54 Å². The third-order valence-corrected chi connectivity index (χ3v) is 3.15. The summed E-state index contributed by atoms with van der Waals surface area (Å²) in [6, 6.07) is 5.18. The van der Waals surface area contributed by atoms with Gasteiger partial charge in [0.1, 0.15) is 13.7 Å². The van der Waals surface area contributed by atoms with Crippen LogP contribution in [0.1, 0.15) is 18.4 Å². The van der Waals surface area contributed by atoms with Crippen LogP contribution in [0, 0.1) is 0 Å². The zero-order chi connectivity index (χ0) is 13.5. The van der Waals surface area contributed by atoms with Crippen LogP contribution in [-0.2, 0) is 4.84 Å². The normalized spacial score (nSPS) is 16.1. The molecule has 0 aliphatic carbocycles. The lowest BCUT2D eigenvalue weighted by atomic mass is 10.2. The van der Waals surface area contributed by atoms with Crippen molar-refractivity contribution < 1.29 is 14.7 Å². The minimum Gasteiger partial charge on any atom is -0.504 e. The van der Waals surface area contributed by atoms with Gasteiger partial charge in [0.05, 0.1) is 6.21 Å². The number of rotatable bonds is 6. The number of phenolic OH excluding ortho intramolecular Hbond substituents is 1. The lowest BCUT2D eigenvalue weighted by Gasteiger charge is -2.15. The van der Waals surface area contributed by atoms with Gasteiger partial charge < -0.3 is 14.7 Å². The predicted octanol–water partition coefficient (Wildman–Crippen LogP) is 1.85. The third-order valence-electron chi connectivity index (χ3n) is 3.15. The molecule has 0 aromatic heterocycles. The highest BCUT2D eigenvalue weighted by Crippen LogP contribution is 2.26. The number of hydrogen-bond acceptors (Lipinski definition) is 5. The van der Waals surface area contributed by atoms with Crippen LogP contribution < -0.4 is 4.74 Å². The molecule has 1 fully saturated rings. The average Bonchev–Trinajstić information content (AvgIpc) is 2.92. The number of benzene rings is 1. The topological polar surface area (TPSA) is 54.3 Å². The maximum absolute atomic E-state index is 9.84. The Kier molecular flexibility index (Phi) is 5.03. The van der Waals surface area contributed by atoms with Gasteiger partial charge in [0.15, 0.2) is 11.5 Å². The van der Waals surface area contributed by atoms with Crippen molar-refractivity contribution >= 4 is 6.21 Å². The standard InChI is InChI=1S/C14H20N2O3/c1-18-15-11-12-4-5-14(13(17)10-12)19-9-8-16-6-2-3-7-16/h4-5,10-11,17H,2-3,6-9H2,1H3. The first-order valence-corrected chi connectivity index (χ1v) is 6.54. The Morgan fingerprint density at radius 1 is 1.37 bits per heavy atom. The first-order valence-electron chi connectivity index (χ1n) is 6.54. The molecule has 0 spiro atoms. The highest BCUT2D eigenvalue weighted by atomic mass is 16.6. The van der Waals surface area contributed by atoms with Crippen molar-refractivity contribution in [3.8, 4) is 11.5 Å². The minimum atomic E-state index is 0.126. The number of oxime groups is 1. The molecule has 1 aromatic carbocycles. The van der Waals surface area contributed by atoms with Crippen LogP contribution >= 0.6 is 0 Å². The van der Waals surface area contributed by atoms with Gasteiger partial charge >= 0.3 is 0 Å². The van der Waals surface area contributed by atoms with E-state index in [4.69, 9.17) is 4.74 Å². The molecule has 0 bridgehead atoms. The highest BCUT2D eigenvalue weighted by molar-refractivity contribution is 5.80. The third kappa shape index (κ3) is 4.13. The highest BCUT2D eigenvalue weighted by Gasteiger charge is 2.11. The van der Waals surface area contributed by atoms with E-state index in [0.29, 0.717) is 12.4 Å². The number of nitrogens with zero attached hydrogens (tertiary/aromatic N) is 2. The molecule has 5 heteroatoms. The van der Waals surface area contributed by atoms with Gasteiger partial charge in [-0.05, 0) is 49.7 Å². The fraction of sp³-hybridized carbons (Fsp3) is 0.500. The lowest BCUT2D eigenvalue weighted by Crippen LogP contribution is -2.25. The van der Waals surface area contributed by atoms with E-state index >= 15 is 0 Å². The summed E-state index contributed by atoms with van der Waals surface area (Å²) in [4.78, 5) is 6.96. The molecule has 1 aromatic rings. The molecule has 2 rings (SSSR count). The monoisotopic (exact) mass is 264 g/mol. The van der Waals surface area contributed by atoms with Gasteiger partial charge in [-0.25, -0.2) is 0 Å². The SMILES string of the molecule is CON=Cc1ccc(OCCN2CCCC2)c(O)c1. The number of hydrogen-bond donors (Lipinski definition) is 1. The molecule has 1 N–H and O–H groups in total. The molecule has 104 valence electrons. The minimum absolute atomic E-state index is 0.126. The van der Waals surface area contributed by atoms with E-state index in [1.165, 1.54) is 26.2 Å². The second kappa shape index (κ2) is 6.99. The summed E-state index contributed by atoms with van der Waals surface area (Å²) in [6.45, 7) is 3.81. The molecule has 0 amide bonds. The second-order valence-corrected chi connectivity index (χ2v) is 4.54. The molecule has 0 saturated carbocycles. The van der Waals surface area contributed by atoms with E-state index < -0.39 is 0 Å². The molecule has 0 atom stereocenters. The Labute approximate surface area is 113 Å². The smallest absolute Gasteiger partial charge is 0.161 e. The summed E-state index contributed by atoms with van der Waals surface area (Å²) in [5.74, 6) is 0.634. The van der Waals surface area contributed by atoms with E-state index in [1.807, 2.05) is 6.07 Å². The summed E-state index contributed by atoms with van der Waals surface area (Å²) < 4.78 is 5.59. The van der Waals surface area contributed by atoms with Crippen LogP contribution in [-0.4, -0.2) is 49.6 Å². The fourth-order valence-electron chi connectivity index (χ4n) is 2.14. The average molecular weight is 264 g/mol. The van der Waals surface area contributed by atoms with Crippen LogP contribution in [0.3, 0.4) is 0 Å². The molecule has 1 saturated heterocycles. The molecule has 1 aliphatic heterocycles. The Morgan fingerprint density at radius 2 is 2.16 bits per heavy atom. The van der Waals surface area contributed by atoms with E-state index in [1.54, 1.807) is 12.1 Å². The summed E-state index contributed by atoms with van der Waals surface area (Å²) in [5, 5.41) is 13.5. The molecule has 1 aliphatic rings. The van der Waals surface area contributed by atoms with Crippen molar-refractivity contribution in [1.82, 2.24) is 4.90 Å². The lowest BCUT2D eigenvalue weighted by molar-refractivity contribution is 0.215. The molecule has 5 nitrogen and oxygen atoms in total. The van der Waals surface area contributed by atoms with Crippen molar-refractivity contribution in [2.45, 2.75) is 12.8 Å². The summed E-state index contributed by atoms with van der Waals surface area (Å²) in [7, 11) is 1.48. The van der Waals surface area contributed by atoms with E-state index in [2.05, 4.69) is 14.9 Å². The van der Waals surface area contributed by atoms with Crippen molar-refractivity contribution in [2.24, 2.45) is 5.16 Å². The number of likely N-dealkylation sites (tertiary alicyclic amines) is 1. The van der Waals surface area contributed by atoms with Gasteiger partial charge in [-0.2, -0.15) is 0 Å². The first-order chi connectivity index (χ1) is 9.29. The summed E-state index contributed by atoms with van der Waals surface area (Å²) in [5.41, 5.74) is 0.770. The van der Waals surface area contributed by atoms with Crippen LogP contribution in [0.25, 0.3) is 0 Å². The van der Waals surface area contributed by atoms with Gasteiger partial charge in [0.25, 0.3) is 0 Å². The van der Waals surface area contributed by atoms with Gasteiger partial charge in [-0.1, -0.05) is 5.16 Å². The maximum atomic E-state index is 9.84. The van der Waals surface area contributed by atoms with Crippen LogP contribution in [0.2, 0.25) is 0 Å². The second-order valence-electron chi connectivity index (χ2n) is 4.54. The van der Waals surface area contributed by atoms with E-state index in [0.717, 1.165) is 25.2 Å². The summed E-state index contributed by atoms with van der Waals surface area (Å²) in [6.07, 6.45) is 4.09. The molecule has 0 radical (unpaired) electrons. The number of aromatic hydroxyl groups is 1. The van der Waals surface area contributed by atoms with Crippen molar-refractivity contribution in [3.63, 3.8) is 0 Å².